The largest absolute Gasteiger partial charge is 0.368 e. The van der Waals surface area contributed by atoms with Gasteiger partial charge >= 0.3 is 0 Å². The third-order valence-corrected chi connectivity index (χ3v) is 6.36. The van der Waals surface area contributed by atoms with Crippen molar-refractivity contribution in [3.63, 3.8) is 0 Å². The highest BCUT2D eigenvalue weighted by Gasteiger charge is 2.18. The molecular weight excluding hydrogens is 410 g/mol. The van der Waals surface area contributed by atoms with Crippen LogP contribution in [0.5, 0.6) is 0 Å². The lowest BCUT2D eigenvalue weighted by atomic mass is 9.83. The van der Waals surface area contributed by atoms with Gasteiger partial charge in [0.2, 0.25) is 0 Å². The molecule has 1 aromatic carbocycles. The molecule has 3 nitrogen and oxygen atoms in total. The molecule has 0 unspecified atom stereocenters. The molecule has 2 rings (SSSR count). The number of hydrogen-bond acceptors (Lipinski definition) is 2. The highest BCUT2D eigenvalue weighted by molar-refractivity contribution is 9.12. The average Bonchev–Trinajstić information content (AvgIpc) is 2.71. The van der Waals surface area contributed by atoms with Crippen LogP contribution in [0.2, 0.25) is 0 Å². The van der Waals surface area contributed by atoms with Gasteiger partial charge in [-0.2, -0.15) is 0 Å². The minimum Gasteiger partial charge on any atom is -0.368 e. The van der Waals surface area contributed by atoms with Crippen LogP contribution in [0.15, 0.2) is 52.2 Å². The van der Waals surface area contributed by atoms with Gasteiger partial charge in [-0.05, 0) is 65.1 Å². The topological polar surface area (TPSA) is 36.4 Å². The second kappa shape index (κ2) is 12.1. The summed E-state index contributed by atoms with van der Waals surface area (Å²) in [6.07, 6.45) is 9.53. The normalized spacial score (nSPS) is 20.7. The summed E-state index contributed by atoms with van der Waals surface area (Å²) in [4.78, 5) is 4.87. The lowest BCUT2D eigenvalue weighted by molar-refractivity contribution is 0.296. The highest BCUT2D eigenvalue weighted by Crippen LogP contribution is 2.28. The average molecular weight is 446 g/mol. The predicted octanol–water partition coefficient (Wildman–Crippen LogP) is 6.31. The van der Waals surface area contributed by atoms with E-state index < -0.39 is 0 Å². The van der Waals surface area contributed by atoms with Crippen molar-refractivity contribution in [2.45, 2.75) is 65.8 Å². The van der Waals surface area contributed by atoms with Crippen LogP contribution in [0.1, 0.15) is 64.0 Å². The zero-order valence-corrected chi connectivity index (χ0v) is 19.3. The Kier molecular flexibility index (Phi) is 9.83. The summed E-state index contributed by atoms with van der Waals surface area (Å²) in [6, 6.07) is 8.61. The fourth-order valence-electron chi connectivity index (χ4n) is 3.68. The summed E-state index contributed by atoms with van der Waals surface area (Å²) in [7, 11) is 0. The van der Waals surface area contributed by atoms with Gasteiger partial charge in [-0.15, -0.1) is 0 Å². The van der Waals surface area contributed by atoms with Gasteiger partial charge in [-0.3, -0.25) is 4.99 Å². The molecule has 1 aromatic rings. The van der Waals surface area contributed by atoms with E-state index in [0.717, 1.165) is 48.0 Å². The first-order valence-corrected chi connectivity index (χ1v) is 11.5. The number of hydrogen-bond donors (Lipinski definition) is 2. The molecule has 0 aromatic heterocycles. The van der Waals surface area contributed by atoms with E-state index in [2.05, 4.69) is 71.3 Å². The quantitative estimate of drug-likeness (QED) is 0.344. The zero-order valence-electron chi connectivity index (χ0n) is 17.7. The summed E-state index contributed by atoms with van der Waals surface area (Å²) in [5.74, 6) is 3.22. The maximum Gasteiger partial charge on any atom is 0.140 e. The SMILES string of the molecule is C=C(NCc1ccccc1CCC)NC(=NCC1CCC(C)CC1)/C(Br)=C\C. The van der Waals surface area contributed by atoms with Crippen molar-refractivity contribution in [2.24, 2.45) is 16.8 Å². The first-order valence-electron chi connectivity index (χ1n) is 10.7. The molecule has 154 valence electrons. The molecule has 0 aliphatic heterocycles. The first kappa shape index (κ1) is 22.7. The molecule has 1 fully saturated rings. The van der Waals surface area contributed by atoms with Crippen molar-refractivity contribution in [1.82, 2.24) is 10.6 Å². The van der Waals surface area contributed by atoms with Crippen LogP contribution in [0, 0.1) is 11.8 Å². The van der Waals surface area contributed by atoms with Crippen molar-refractivity contribution in [3.8, 4) is 0 Å². The van der Waals surface area contributed by atoms with Crippen molar-refractivity contribution < 1.29 is 0 Å². The zero-order chi connectivity index (χ0) is 20.4. The maximum absolute atomic E-state index is 4.87. The minimum atomic E-state index is 0.701. The number of amidine groups is 1. The van der Waals surface area contributed by atoms with Crippen molar-refractivity contribution in [3.05, 3.63) is 58.4 Å². The van der Waals surface area contributed by atoms with Crippen LogP contribution >= 0.6 is 15.9 Å². The summed E-state index contributed by atoms with van der Waals surface area (Å²) < 4.78 is 0.978. The first-order chi connectivity index (χ1) is 13.5. The van der Waals surface area contributed by atoms with E-state index in [-0.39, 0.29) is 0 Å². The number of aliphatic imine (C=N–C) groups is 1. The number of rotatable bonds is 9. The van der Waals surface area contributed by atoms with Gasteiger partial charge in [-0.1, -0.05) is 70.0 Å². The summed E-state index contributed by atoms with van der Waals surface area (Å²) in [6.45, 7) is 12.4. The number of halogens is 1. The van der Waals surface area contributed by atoms with Crippen LogP contribution in [0.4, 0.5) is 0 Å². The molecule has 0 radical (unpaired) electrons. The second-order valence-electron chi connectivity index (χ2n) is 7.93. The lowest BCUT2D eigenvalue weighted by Crippen LogP contribution is -2.31. The van der Waals surface area contributed by atoms with Crippen LogP contribution in [0.3, 0.4) is 0 Å². The Hall–Kier alpha value is -1.55. The van der Waals surface area contributed by atoms with E-state index in [0.29, 0.717) is 5.92 Å². The Bertz CT molecular complexity index is 685. The number of nitrogens with one attached hydrogen (secondary N) is 2. The Morgan fingerprint density at radius 2 is 1.89 bits per heavy atom. The van der Waals surface area contributed by atoms with E-state index in [1.165, 1.54) is 36.8 Å². The number of nitrogens with zero attached hydrogens (tertiary/aromatic N) is 1. The van der Waals surface area contributed by atoms with Crippen LogP contribution < -0.4 is 10.6 Å². The van der Waals surface area contributed by atoms with Gasteiger partial charge in [-0.25, -0.2) is 0 Å². The molecule has 0 saturated heterocycles. The molecule has 0 spiro atoms. The van der Waals surface area contributed by atoms with Crippen molar-refractivity contribution in [1.29, 1.82) is 0 Å². The Labute approximate surface area is 179 Å². The number of aryl methyl sites for hydroxylation is 1. The Balaban J connectivity index is 1.93. The van der Waals surface area contributed by atoms with Crippen LogP contribution in [-0.2, 0) is 13.0 Å². The maximum atomic E-state index is 4.87. The Morgan fingerprint density at radius 1 is 1.21 bits per heavy atom. The molecule has 0 amide bonds. The van der Waals surface area contributed by atoms with E-state index in [1.807, 2.05) is 13.0 Å². The number of benzene rings is 1. The Morgan fingerprint density at radius 3 is 2.54 bits per heavy atom. The molecule has 0 atom stereocenters. The smallest absolute Gasteiger partial charge is 0.140 e. The monoisotopic (exact) mass is 445 g/mol. The van der Waals surface area contributed by atoms with Gasteiger partial charge < -0.3 is 10.6 Å². The van der Waals surface area contributed by atoms with E-state index in [1.54, 1.807) is 0 Å². The van der Waals surface area contributed by atoms with Crippen LogP contribution in [-0.4, -0.2) is 12.4 Å². The van der Waals surface area contributed by atoms with Crippen LogP contribution in [0.25, 0.3) is 0 Å². The van der Waals surface area contributed by atoms with Crippen molar-refractivity contribution in [2.75, 3.05) is 6.54 Å². The summed E-state index contributed by atoms with van der Waals surface area (Å²) in [5.41, 5.74) is 2.73. The van der Waals surface area contributed by atoms with Crippen molar-refractivity contribution >= 4 is 21.8 Å². The van der Waals surface area contributed by atoms with Gasteiger partial charge in [0.1, 0.15) is 5.84 Å². The highest BCUT2D eigenvalue weighted by atomic mass is 79.9. The van der Waals surface area contributed by atoms with E-state index >= 15 is 0 Å². The fraction of sp³-hybridized carbons (Fsp3) is 0.542. The van der Waals surface area contributed by atoms with Gasteiger partial charge in [0.25, 0.3) is 0 Å². The standard InChI is InChI=1S/C24H36BrN3/c1-5-9-21-10-7-8-11-22(21)17-26-19(4)28-24(23(25)6-2)27-16-20-14-12-18(3)13-15-20/h6-8,10-11,18,20,26H,4-5,9,12-17H2,1-3H3,(H,27,28)/b23-6+. The molecule has 1 aliphatic carbocycles. The third-order valence-electron chi connectivity index (χ3n) is 5.52. The minimum absolute atomic E-state index is 0.701. The lowest BCUT2D eigenvalue weighted by Gasteiger charge is -2.25. The molecule has 0 heterocycles. The molecular formula is C24H36BrN3. The molecule has 0 bridgehead atoms. The molecule has 1 aliphatic rings. The molecule has 28 heavy (non-hydrogen) atoms. The molecule has 1 saturated carbocycles. The number of allylic oxidation sites excluding steroid dienone is 1. The third kappa shape index (κ3) is 7.46. The van der Waals surface area contributed by atoms with E-state index in [4.69, 9.17) is 4.99 Å². The summed E-state index contributed by atoms with van der Waals surface area (Å²) in [5, 5.41) is 6.78. The predicted molar refractivity (Wildman–Crippen MR) is 126 cm³/mol. The summed E-state index contributed by atoms with van der Waals surface area (Å²) >= 11 is 3.63. The van der Waals surface area contributed by atoms with Gasteiger partial charge in [0.15, 0.2) is 0 Å². The molecule has 2 N–H and O–H groups in total. The van der Waals surface area contributed by atoms with Gasteiger partial charge in [0.05, 0.1) is 10.3 Å². The van der Waals surface area contributed by atoms with Gasteiger partial charge in [0, 0.05) is 13.1 Å². The second-order valence-corrected chi connectivity index (χ2v) is 8.78. The van der Waals surface area contributed by atoms with E-state index in [9.17, 15) is 0 Å². The fourth-order valence-corrected chi connectivity index (χ4v) is 3.90. The molecule has 4 heteroatoms.